The van der Waals surface area contributed by atoms with E-state index >= 15 is 0 Å². The topological polar surface area (TPSA) is 67.0 Å². The average molecular weight is 359 g/mol. The Labute approximate surface area is 158 Å². The number of para-hydroxylation sites is 1. The molecule has 0 aliphatic carbocycles. The van der Waals surface area contributed by atoms with Crippen LogP contribution in [0.3, 0.4) is 0 Å². The summed E-state index contributed by atoms with van der Waals surface area (Å²) in [4.78, 5) is 12.6. The number of hydrogen-bond acceptors (Lipinski definition) is 3. The first-order chi connectivity index (χ1) is 13.2. The molecular formula is C22H21N3O2. The van der Waals surface area contributed by atoms with E-state index in [2.05, 4.69) is 16.8 Å². The van der Waals surface area contributed by atoms with Gasteiger partial charge in [-0.2, -0.15) is 5.26 Å². The van der Waals surface area contributed by atoms with Crippen molar-refractivity contribution < 1.29 is 9.53 Å². The highest BCUT2D eigenvalue weighted by molar-refractivity contribution is 6.10. The predicted octanol–water partition coefficient (Wildman–Crippen LogP) is 4.61. The van der Waals surface area contributed by atoms with Gasteiger partial charge in [0.25, 0.3) is 5.91 Å². The van der Waals surface area contributed by atoms with E-state index < -0.39 is 5.91 Å². The van der Waals surface area contributed by atoms with Crippen molar-refractivity contribution in [2.45, 2.75) is 20.4 Å². The lowest BCUT2D eigenvalue weighted by Gasteiger charge is -2.07. The third kappa shape index (κ3) is 4.01. The van der Waals surface area contributed by atoms with Gasteiger partial charge in [-0.05, 0) is 38.1 Å². The lowest BCUT2D eigenvalue weighted by atomic mass is 10.1. The number of benzene rings is 2. The highest BCUT2D eigenvalue weighted by Gasteiger charge is 2.12. The Morgan fingerprint density at radius 3 is 2.78 bits per heavy atom. The van der Waals surface area contributed by atoms with Gasteiger partial charge in [-0.15, -0.1) is 0 Å². The number of aromatic nitrogens is 1. The number of amides is 1. The fourth-order valence-corrected chi connectivity index (χ4v) is 2.98. The summed E-state index contributed by atoms with van der Waals surface area (Å²) < 4.78 is 7.54. The summed E-state index contributed by atoms with van der Waals surface area (Å²) in [6, 6.07) is 17.1. The Morgan fingerprint density at radius 1 is 1.22 bits per heavy atom. The number of nitrogens with one attached hydrogen (secondary N) is 1. The molecular weight excluding hydrogens is 338 g/mol. The number of nitriles is 1. The van der Waals surface area contributed by atoms with Gasteiger partial charge in [-0.1, -0.05) is 24.3 Å². The van der Waals surface area contributed by atoms with E-state index in [1.807, 2.05) is 49.5 Å². The molecule has 0 radical (unpaired) electrons. The van der Waals surface area contributed by atoms with Gasteiger partial charge >= 0.3 is 0 Å². The first-order valence-corrected chi connectivity index (χ1v) is 8.90. The summed E-state index contributed by atoms with van der Waals surface area (Å²) in [7, 11) is 0. The molecule has 0 saturated carbocycles. The normalized spacial score (nSPS) is 11.2. The number of anilines is 1. The molecule has 0 unspecified atom stereocenters. The van der Waals surface area contributed by atoms with Crippen molar-refractivity contribution in [2.24, 2.45) is 0 Å². The quantitative estimate of drug-likeness (QED) is 0.516. The van der Waals surface area contributed by atoms with Crippen molar-refractivity contribution in [1.29, 1.82) is 5.26 Å². The van der Waals surface area contributed by atoms with Crippen LogP contribution in [-0.4, -0.2) is 17.1 Å². The van der Waals surface area contributed by atoms with Gasteiger partial charge in [-0.3, -0.25) is 4.79 Å². The highest BCUT2D eigenvalue weighted by atomic mass is 16.5. The molecule has 27 heavy (non-hydrogen) atoms. The number of hydrogen-bond donors (Lipinski definition) is 1. The molecule has 5 nitrogen and oxygen atoms in total. The molecule has 2 aromatic carbocycles. The van der Waals surface area contributed by atoms with Crippen molar-refractivity contribution in [1.82, 2.24) is 4.57 Å². The average Bonchev–Trinajstić information content (AvgIpc) is 3.04. The molecule has 3 rings (SSSR count). The molecule has 0 saturated heterocycles. The molecule has 0 bridgehead atoms. The van der Waals surface area contributed by atoms with E-state index in [1.54, 1.807) is 24.3 Å². The van der Waals surface area contributed by atoms with Crippen LogP contribution in [0.25, 0.3) is 17.0 Å². The Hall–Kier alpha value is -3.52. The summed E-state index contributed by atoms with van der Waals surface area (Å²) in [5.74, 6) is 0.225. The number of fused-ring (bicyclic) bond motifs is 1. The van der Waals surface area contributed by atoms with Gasteiger partial charge in [0.05, 0.1) is 6.61 Å². The zero-order chi connectivity index (χ0) is 19.2. The van der Waals surface area contributed by atoms with Crippen molar-refractivity contribution >= 4 is 28.6 Å². The van der Waals surface area contributed by atoms with Crippen molar-refractivity contribution in [3.05, 3.63) is 65.9 Å². The number of carbonyl (C=O) groups excluding carboxylic acids is 1. The molecule has 1 N–H and O–H groups in total. The molecule has 5 heteroatoms. The minimum Gasteiger partial charge on any atom is -0.494 e. The minimum atomic E-state index is -0.445. The maximum atomic E-state index is 12.6. The number of nitrogens with zero attached hydrogens (tertiary/aromatic N) is 2. The standard InChI is InChI=1S/C22H21N3O2/c1-3-25-15-17(20-10-5-6-11-21(20)25)12-16(14-23)22(26)24-18-8-7-9-19(13-18)27-4-2/h5-13,15H,3-4H2,1-2H3,(H,24,26)/b16-12-. The van der Waals surface area contributed by atoms with Crippen LogP contribution in [-0.2, 0) is 11.3 Å². The van der Waals surface area contributed by atoms with Crippen LogP contribution in [0.5, 0.6) is 5.75 Å². The molecule has 136 valence electrons. The Balaban J connectivity index is 1.90. The Bertz CT molecular complexity index is 1040. The lowest BCUT2D eigenvalue weighted by molar-refractivity contribution is -0.112. The zero-order valence-corrected chi connectivity index (χ0v) is 15.4. The summed E-state index contributed by atoms with van der Waals surface area (Å²) in [6.07, 6.45) is 3.60. The molecule has 0 aliphatic heterocycles. The summed E-state index contributed by atoms with van der Waals surface area (Å²) in [5, 5.41) is 13.3. The first kappa shape index (κ1) is 18.3. The van der Waals surface area contributed by atoms with Gasteiger partial charge in [0.15, 0.2) is 0 Å². The van der Waals surface area contributed by atoms with E-state index in [1.165, 1.54) is 0 Å². The van der Waals surface area contributed by atoms with Crippen LogP contribution in [0.4, 0.5) is 5.69 Å². The Morgan fingerprint density at radius 2 is 2.04 bits per heavy atom. The summed E-state index contributed by atoms with van der Waals surface area (Å²) in [5.41, 5.74) is 2.56. The second-order valence-corrected chi connectivity index (χ2v) is 5.97. The van der Waals surface area contributed by atoms with Gasteiger partial charge in [0.2, 0.25) is 0 Å². The van der Waals surface area contributed by atoms with Crippen LogP contribution in [0.2, 0.25) is 0 Å². The molecule has 0 atom stereocenters. The van der Waals surface area contributed by atoms with Crippen LogP contribution in [0.15, 0.2) is 60.3 Å². The van der Waals surface area contributed by atoms with Crippen LogP contribution in [0.1, 0.15) is 19.4 Å². The van der Waals surface area contributed by atoms with E-state index in [0.29, 0.717) is 18.0 Å². The van der Waals surface area contributed by atoms with Crippen molar-refractivity contribution in [2.75, 3.05) is 11.9 Å². The number of ether oxygens (including phenoxy) is 1. The minimum absolute atomic E-state index is 0.0517. The van der Waals surface area contributed by atoms with Crippen LogP contribution < -0.4 is 10.1 Å². The van der Waals surface area contributed by atoms with E-state index in [0.717, 1.165) is 23.0 Å². The molecule has 0 spiro atoms. The van der Waals surface area contributed by atoms with Gasteiger partial charge < -0.3 is 14.6 Å². The molecule has 1 amide bonds. The molecule has 1 heterocycles. The zero-order valence-electron chi connectivity index (χ0n) is 15.4. The maximum absolute atomic E-state index is 12.6. The SMILES string of the molecule is CCOc1cccc(NC(=O)/C(C#N)=C\c2cn(CC)c3ccccc23)c1. The van der Waals surface area contributed by atoms with E-state index in [4.69, 9.17) is 4.74 Å². The van der Waals surface area contributed by atoms with Crippen LogP contribution in [0, 0.1) is 11.3 Å². The molecule has 3 aromatic rings. The summed E-state index contributed by atoms with van der Waals surface area (Å²) >= 11 is 0. The molecule has 0 aliphatic rings. The smallest absolute Gasteiger partial charge is 0.266 e. The van der Waals surface area contributed by atoms with Crippen molar-refractivity contribution in [3.8, 4) is 11.8 Å². The van der Waals surface area contributed by atoms with Crippen LogP contribution >= 0.6 is 0 Å². The summed E-state index contributed by atoms with van der Waals surface area (Å²) in [6.45, 7) is 5.31. The second kappa shape index (κ2) is 8.24. The molecule has 0 fully saturated rings. The predicted molar refractivity (Wildman–Crippen MR) is 107 cm³/mol. The number of aryl methyl sites for hydroxylation is 1. The maximum Gasteiger partial charge on any atom is 0.266 e. The second-order valence-electron chi connectivity index (χ2n) is 5.97. The van der Waals surface area contributed by atoms with E-state index in [-0.39, 0.29) is 5.57 Å². The fourth-order valence-electron chi connectivity index (χ4n) is 2.98. The van der Waals surface area contributed by atoms with Gasteiger partial charge in [0, 0.05) is 41.0 Å². The lowest BCUT2D eigenvalue weighted by Crippen LogP contribution is -2.13. The third-order valence-corrected chi connectivity index (χ3v) is 4.23. The molecule has 1 aromatic heterocycles. The van der Waals surface area contributed by atoms with Crippen molar-refractivity contribution in [3.63, 3.8) is 0 Å². The Kier molecular flexibility index (Phi) is 5.58. The highest BCUT2D eigenvalue weighted by Crippen LogP contribution is 2.24. The third-order valence-electron chi connectivity index (χ3n) is 4.23. The fraction of sp³-hybridized carbons (Fsp3) is 0.182. The van der Waals surface area contributed by atoms with E-state index in [9.17, 15) is 10.1 Å². The number of rotatable bonds is 6. The monoisotopic (exact) mass is 359 g/mol. The van der Waals surface area contributed by atoms with Gasteiger partial charge in [-0.25, -0.2) is 0 Å². The largest absolute Gasteiger partial charge is 0.494 e. The van der Waals surface area contributed by atoms with Gasteiger partial charge in [0.1, 0.15) is 17.4 Å². The first-order valence-electron chi connectivity index (χ1n) is 8.90. The number of carbonyl (C=O) groups is 1.